The summed E-state index contributed by atoms with van der Waals surface area (Å²) in [5, 5.41) is 1.78. The lowest BCUT2D eigenvalue weighted by Gasteiger charge is -2.42. The summed E-state index contributed by atoms with van der Waals surface area (Å²) >= 11 is 6.67. The monoisotopic (exact) mass is 378 g/mol. The van der Waals surface area contributed by atoms with Crippen molar-refractivity contribution in [1.82, 2.24) is 0 Å². The number of hydrogen-bond acceptors (Lipinski definition) is 3. The van der Waals surface area contributed by atoms with Gasteiger partial charge in [-0.25, -0.2) is 0 Å². The highest BCUT2D eigenvalue weighted by Crippen LogP contribution is 2.73. The molecule has 3 heteroatoms. The van der Waals surface area contributed by atoms with Crippen molar-refractivity contribution in [2.75, 3.05) is 0 Å². The van der Waals surface area contributed by atoms with Crippen molar-refractivity contribution < 1.29 is 4.79 Å². The van der Waals surface area contributed by atoms with Gasteiger partial charge in [0.2, 0.25) is 0 Å². The molecular weight excluding hydrogens is 344 g/mol. The number of fused-ring (bicyclic) bond motifs is 12. The summed E-state index contributed by atoms with van der Waals surface area (Å²) in [5.41, 5.74) is -0.134. The van der Waals surface area contributed by atoms with Gasteiger partial charge in [0, 0.05) is 15.9 Å². The average molecular weight is 379 g/mol. The normalized spacial score (nSPS) is 52.6. The molecule has 0 amide bonds. The topological polar surface area (TPSA) is 17.1 Å². The molecule has 0 radical (unpaired) electrons. The van der Waals surface area contributed by atoms with Crippen LogP contribution < -0.4 is 0 Å². The number of carbonyl (C=O) groups is 1. The minimum atomic E-state index is -0.134. The Morgan fingerprint density at radius 3 is 2.32 bits per heavy atom. The summed E-state index contributed by atoms with van der Waals surface area (Å²) in [6, 6.07) is 0. The second kappa shape index (κ2) is 5.93. The van der Waals surface area contributed by atoms with E-state index in [1.165, 1.54) is 32.1 Å². The van der Waals surface area contributed by atoms with Gasteiger partial charge in [0.1, 0.15) is 0 Å². The third-order valence-electron chi connectivity index (χ3n) is 9.05. The molecule has 0 aromatic rings. The highest BCUT2D eigenvalue weighted by Gasteiger charge is 2.68. The van der Waals surface area contributed by atoms with E-state index in [2.05, 4.69) is 20.8 Å². The predicted molar refractivity (Wildman–Crippen MR) is 109 cm³/mol. The Kier molecular flexibility index (Phi) is 4.14. The van der Waals surface area contributed by atoms with Crippen molar-refractivity contribution in [2.45, 2.75) is 76.2 Å². The van der Waals surface area contributed by atoms with Crippen LogP contribution in [-0.4, -0.2) is 15.6 Å². The van der Waals surface area contributed by atoms with Gasteiger partial charge in [-0.05, 0) is 85.9 Å². The van der Waals surface area contributed by atoms with E-state index in [-0.39, 0.29) is 5.41 Å². The first-order valence-electron chi connectivity index (χ1n) is 10.8. The smallest absolute Gasteiger partial charge is 0.194 e. The molecule has 10 unspecified atom stereocenters. The zero-order valence-corrected chi connectivity index (χ0v) is 17.7. The Labute approximate surface area is 163 Å². The van der Waals surface area contributed by atoms with Crippen LogP contribution in [-0.2, 0) is 4.79 Å². The number of rotatable bonds is 4. The highest BCUT2D eigenvalue weighted by molar-refractivity contribution is 8.14. The Balaban J connectivity index is 1.28. The first-order valence-corrected chi connectivity index (χ1v) is 12.2. The van der Waals surface area contributed by atoms with Crippen molar-refractivity contribution in [3.63, 3.8) is 0 Å². The number of thiol groups is 1. The summed E-state index contributed by atoms with van der Waals surface area (Å²) in [7, 11) is 0. The molecule has 5 aliphatic carbocycles. The quantitative estimate of drug-likeness (QED) is 0.500. The summed E-state index contributed by atoms with van der Waals surface area (Å²) in [6.07, 6.45) is 9.24. The van der Waals surface area contributed by atoms with Crippen LogP contribution in [0.4, 0.5) is 0 Å². The molecule has 5 saturated carbocycles. The largest absolute Gasteiger partial charge is 0.287 e. The van der Waals surface area contributed by atoms with Crippen LogP contribution in [0.2, 0.25) is 0 Å². The molecule has 1 nitrogen and oxygen atoms in total. The Morgan fingerprint density at radius 2 is 1.64 bits per heavy atom. The van der Waals surface area contributed by atoms with Crippen LogP contribution in [0.15, 0.2) is 0 Å². The fourth-order valence-corrected chi connectivity index (χ4v) is 10.3. The summed E-state index contributed by atoms with van der Waals surface area (Å²) < 4.78 is 0. The van der Waals surface area contributed by atoms with E-state index in [0.717, 1.165) is 60.2 Å². The standard InChI is InChI=1S/C22H34OS2/c1-4-5-22(2,3)21(23)25-12-8-13-14(9-12)16-10-15(13)19-11-6-17(20(16)19)18(24)7-11/h11-20,24H,4-10H2,1-3H3. The maximum absolute atomic E-state index is 12.8. The summed E-state index contributed by atoms with van der Waals surface area (Å²) in [6.45, 7) is 6.50. The van der Waals surface area contributed by atoms with Gasteiger partial charge in [0.15, 0.2) is 5.12 Å². The van der Waals surface area contributed by atoms with Gasteiger partial charge in [-0.1, -0.05) is 39.0 Å². The van der Waals surface area contributed by atoms with Crippen LogP contribution in [0.3, 0.4) is 0 Å². The summed E-state index contributed by atoms with van der Waals surface area (Å²) in [4.78, 5) is 12.8. The molecule has 10 atom stereocenters. The molecule has 0 saturated heterocycles. The van der Waals surface area contributed by atoms with E-state index in [1.54, 1.807) is 11.8 Å². The van der Waals surface area contributed by atoms with Crippen molar-refractivity contribution >= 4 is 29.5 Å². The van der Waals surface area contributed by atoms with E-state index in [0.29, 0.717) is 15.6 Å². The zero-order valence-electron chi connectivity index (χ0n) is 16.0. The molecule has 4 bridgehead atoms. The molecule has 0 aromatic carbocycles. The first-order chi connectivity index (χ1) is 11.9. The van der Waals surface area contributed by atoms with Gasteiger partial charge < -0.3 is 0 Å². The van der Waals surface area contributed by atoms with Gasteiger partial charge in [0.05, 0.1) is 0 Å². The van der Waals surface area contributed by atoms with Gasteiger partial charge in [-0.2, -0.15) is 12.6 Å². The molecule has 0 aromatic heterocycles. The van der Waals surface area contributed by atoms with Gasteiger partial charge in [0.25, 0.3) is 0 Å². The molecule has 0 heterocycles. The molecule has 5 rings (SSSR count). The lowest BCUT2D eigenvalue weighted by Crippen LogP contribution is -2.39. The van der Waals surface area contributed by atoms with Crippen LogP contribution >= 0.6 is 24.4 Å². The van der Waals surface area contributed by atoms with E-state index >= 15 is 0 Å². The Morgan fingerprint density at radius 1 is 0.960 bits per heavy atom. The van der Waals surface area contributed by atoms with Gasteiger partial charge >= 0.3 is 0 Å². The SMILES string of the molecule is CCCC(C)(C)C(=O)SC1CC2C(C1)C1CC2C2C3CC(S)C(C3)C12. The summed E-state index contributed by atoms with van der Waals surface area (Å²) in [5.74, 6) is 7.93. The molecule has 0 spiro atoms. The maximum Gasteiger partial charge on any atom is 0.194 e. The van der Waals surface area contributed by atoms with Gasteiger partial charge in [-0.15, -0.1) is 0 Å². The van der Waals surface area contributed by atoms with Crippen molar-refractivity contribution in [1.29, 1.82) is 0 Å². The molecule has 25 heavy (non-hydrogen) atoms. The van der Waals surface area contributed by atoms with Crippen molar-refractivity contribution in [3.8, 4) is 0 Å². The van der Waals surface area contributed by atoms with Crippen molar-refractivity contribution in [2.24, 2.45) is 52.8 Å². The van der Waals surface area contributed by atoms with E-state index < -0.39 is 0 Å². The van der Waals surface area contributed by atoms with E-state index in [9.17, 15) is 4.79 Å². The molecule has 5 aliphatic rings. The maximum atomic E-state index is 12.8. The van der Waals surface area contributed by atoms with Crippen LogP contribution in [0.5, 0.6) is 0 Å². The fraction of sp³-hybridized carbons (Fsp3) is 0.955. The average Bonchev–Trinajstić information content (AvgIpc) is 3.27. The van der Waals surface area contributed by atoms with Gasteiger partial charge in [-0.3, -0.25) is 4.79 Å². The number of hydrogen-bond donors (Lipinski definition) is 1. The number of thioether (sulfide) groups is 1. The highest BCUT2D eigenvalue weighted by atomic mass is 32.2. The minimum absolute atomic E-state index is 0.134. The lowest BCUT2D eigenvalue weighted by atomic mass is 9.64. The third-order valence-corrected chi connectivity index (χ3v) is 11.1. The fourth-order valence-electron chi connectivity index (χ4n) is 8.37. The van der Waals surface area contributed by atoms with Crippen molar-refractivity contribution in [3.05, 3.63) is 0 Å². The Hall–Kier alpha value is 0.370. The predicted octanol–water partition coefficient (Wildman–Crippen LogP) is 5.69. The molecule has 0 N–H and O–H groups in total. The molecule has 5 fully saturated rings. The van der Waals surface area contributed by atoms with E-state index in [1.807, 2.05) is 0 Å². The second-order valence-corrected chi connectivity index (χ2v) is 12.6. The minimum Gasteiger partial charge on any atom is -0.287 e. The first kappa shape index (κ1) is 17.5. The lowest BCUT2D eigenvalue weighted by molar-refractivity contribution is -0.118. The van der Waals surface area contributed by atoms with Crippen LogP contribution in [0, 0.1) is 52.8 Å². The Bertz CT molecular complexity index is 572. The molecular formula is C22H34OS2. The van der Waals surface area contributed by atoms with Crippen LogP contribution in [0.25, 0.3) is 0 Å². The third kappa shape index (κ3) is 2.46. The number of carbonyl (C=O) groups excluding carboxylic acids is 1. The molecule has 140 valence electrons. The zero-order chi connectivity index (χ0) is 17.5. The van der Waals surface area contributed by atoms with E-state index in [4.69, 9.17) is 12.6 Å². The molecule has 0 aliphatic heterocycles. The second-order valence-electron chi connectivity index (χ2n) is 10.6. The van der Waals surface area contributed by atoms with Crippen LogP contribution in [0.1, 0.15) is 65.7 Å².